The lowest BCUT2D eigenvalue weighted by molar-refractivity contribution is 0.0606. The Morgan fingerprint density at radius 2 is 1.82 bits per heavy atom. The number of nitrogens with zero attached hydrogens (tertiary/aromatic N) is 4. The topological polar surface area (TPSA) is 59.7 Å². The second-order valence-electron chi connectivity index (χ2n) is 11.3. The Bertz CT molecular complexity index is 1540. The van der Waals surface area contributed by atoms with Crippen molar-refractivity contribution in [1.82, 2.24) is 19.5 Å². The lowest BCUT2D eigenvalue weighted by atomic mass is 9.75. The van der Waals surface area contributed by atoms with Gasteiger partial charge in [0.25, 0.3) is 0 Å². The van der Waals surface area contributed by atoms with Crippen molar-refractivity contribution in [1.29, 1.82) is 0 Å². The van der Waals surface area contributed by atoms with Gasteiger partial charge in [0.1, 0.15) is 4.88 Å². The highest BCUT2D eigenvalue weighted by molar-refractivity contribution is 7.17. The van der Waals surface area contributed by atoms with Crippen LogP contribution in [-0.2, 0) is 4.74 Å². The number of fused-ring (bicyclic) bond motifs is 1. The van der Waals surface area contributed by atoms with Gasteiger partial charge in [-0.2, -0.15) is 5.10 Å². The van der Waals surface area contributed by atoms with Crippen LogP contribution in [0.5, 0.6) is 0 Å². The lowest BCUT2D eigenvalue weighted by Gasteiger charge is -2.35. The van der Waals surface area contributed by atoms with Gasteiger partial charge < -0.3 is 9.64 Å². The summed E-state index contributed by atoms with van der Waals surface area (Å²) in [5.74, 6) is 1.18. The van der Waals surface area contributed by atoms with E-state index in [1.54, 1.807) is 11.3 Å². The average molecular weight is 541 g/mol. The molecule has 6 rings (SSSR count). The first-order chi connectivity index (χ1) is 18.9. The van der Waals surface area contributed by atoms with E-state index < -0.39 is 0 Å². The van der Waals surface area contributed by atoms with Gasteiger partial charge in [-0.15, -0.1) is 11.3 Å². The van der Waals surface area contributed by atoms with Crippen molar-refractivity contribution in [3.8, 4) is 21.7 Å². The van der Waals surface area contributed by atoms with Crippen LogP contribution >= 0.6 is 11.3 Å². The van der Waals surface area contributed by atoms with Crippen molar-refractivity contribution in [2.24, 2.45) is 11.8 Å². The Kier molecular flexibility index (Phi) is 7.12. The van der Waals surface area contributed by atoms with E-state index in [0.717, 1.165) is 68.8 Å². The van der Waals surface area contributed by atoms with Gasteiger partial charge in [-0.05, 0) is 73.4 Å². The standard InChI is InChI=1S/C32H36N4O2S/c1-20-5-7-22(8-6-20)27-19-35(3)14-13-25(27)26-15-29(39-31(26)32(37)38-4)24-11-9-23(10-12-24)28-16-30-33-17-21(2)18-36(30)34-28/h9-12,15-18,20,22H,5-8,13-14,19H2,1-4H3. The highest BCUT2D eigenvalue weighted by Crippen LogP contribution is 2.43. The average Bonchev–Trinajstić information content (AvgIpc) is 3.58. The van der Waals surface area contributed by atoms with E-state index in [1.165, 1.54) is 43.9 Å². The summed E-state index contributed by atoms with van der Waals surface area (Å²) in [5, 5.41) is 4.71. The number of carbonyl (C=O) groups excluding carboxylic acids is 1. The quantitative estimate of drug-likeness (QED) is 0.252. The number of likely N-dealkylation sites (N-methyl/N-ethyl adjacent to an activating group) is 1. The molecule has 1 aliphatic heterocycles. The van der Waals surface area contributed by atoms with Crippen LogP contribution in [0.25, 0.3) is 32.9 Å². The third-order valence-corrected chi connectivity index (χ3v) is 9.58. The monoisotopic (exact) mass is 540 g/mol. The lowest BCUT2D eigenvalue weighted by Crippen LogP contribution is -2.31. The summed E-state index contributed by atoms with van der Waals surface area (Å²) >= 11 is 1.54. The molecule has 0 spiro atoms. The van der Waals surface area contributed by atoms with Crippen molar-refractivity contribution in [2.45, 2.75) is 46.0 Å². The Hall–Kier alpha value is -3.29. The number of hydrogen-bond donors (Lipinski definition) is 0. The van der Waals surface area contributed by atoms with Crippen molar-refractivity contribution >= 4 is 28.5 Å². The number of rotatable bonds is 5. The molecule has 0 radical (unpaired) electrons. The summed E-state index contributed by atoms with van der Waals surface area (Å²) in [5.41, 5.74) is 8.93. The molecular weight excluding hydrogens is 504 g/mol. The molecule has 1 aromatic carbocycles. The summed E-state index contributed by atoms with van der Waals surface area (Å²) in [7, 11) is 3.70. The minimum atomic E-state index is -0.242. The number of esters is 1. The minimum absolute atomic E-state index is 0.242. The van der Waals surface area contributed by atoms with Crippen LogP contribution < -0.4 is 0 Å². The van der Waals surface area contributed by atoms with Gasteiger partial charge in [-0.1, -0.05) is 44.0 Å². The van der Waals surface area contributed by atoms with E-state index in [-0.39, 0.29) is 5.97 Å². The van der Waals surface area contributed by atoms with Crippen LogP contribution in [0, 0.1) is 18.8 Å². The molecule has 202 valence electrons. The van der Waals surface area contributed by atoms with E-state index in [0.29, 0.717) is 5.92 Å². The number of carbonyl (C=O) groups is 1. The normalized spacial score (nSPS) is 20.5. The van der Waals surface area contributed by atoms with Gasteiger partial charge in [-0.25, -0.2) is 14.3 Å². The smallest absolute Gasteiger partial charge is 0.348 e. The fourth-order valence-corrected chi connectivity index (χ4v) is 7.25. The molecular formula is C32H36N4O2S. The number of thiophene rings is 1. The van der Waals surface area contributed by atoms with E-state index >= 15 is 0 Å². The molecule has 0 N–H and O–H groups in total. The van der Waals surface area contributed by atoms with Crippen LogP contribution in [0.2, 0.25) is 0 Å². The predicted octanol–water partition coefficient (Wildman–Crippen LogP) is 7.14. The van der Waals surface area contributed by atoms with E-state index in [9.17, 15) is 4.79 Å². The fraction of sp³-hybridized carbons (Fsp3) is 0.406. The summed E-state index contributed by atoms with van der Waals surface area (Å²) in [4.78, 5) is 21.7. The second kappa shape index (κ2) is 10.7. The van der Waals surface area contributed by atoms with E-state index in [4.69, 9.17) is 9.84 Å². The van der Waals surface area contributed by atoms with Crippen LogP contribution in [0.1, 0.15) is 59.8 Å². The van der Waals surface area contributed by atoms with Crippen LogP contribution in [0.15, 0.2) is 54.4 Å². The molecule has 39 heavy (non-hydrogen) atoms. The third-order valence-electron chi connectivity index (χ3n) is 8.42. The van der Waals surface area contributed by atoms with Crippen molar-refractivity contribution < 1.29 is 9.53 Å². The first-order valence-electron chi connectivity index (χ1n) is 14.0. The maximum Gasteiger partial charge on any atom is 0.348 e. The number of benzene rings is 1. The zero-order valence-corrected chi connectivity index (χ0v) is 24.1. The Balaban J connectivity index is 1.36. The van der Waals surface area contributed by atoms with Gasteiger partial charge in [-0.3, -0.25) is 0 Å². The maximum atomic E-state index is 13.0. The molecule has 1 saturated carbocycles. The summed E-state index contributed by atoms with van der Waals surface area (Å²) in [6.45, 7) is 6.38. The molecule has 0 atom stereocenters. The number of hydrogen-bond acceptors (Lipinski definition) is 6. The molecule has 0 saturated heterocycles. The molecule has 2 aliphatic rings. The molecule has 0 amide bonds. The van der Waals surface area contributed by atoms with Crippen LogP contribution in [-0.4, -0.2) is 52.7 Å². The first kappa shape index (κ1) is 26.0. The molecule has 0 unspecified atom stereocenters. The Morgan fingerprint density at radius 3 is 2.56 bits per heavy atom. The van der Waals surface area contributed by atoms with Crippen molar-refractivity contribution in [2.75, 3.05) is 27.2 Å². The van der Waals surface area contributed by atoms with Gasteiger partial charge in [0.2, 0.25) is 0 Å². The summed E-state index contributed by atoms with van der Waals surface area (Å²) in [6.07, 6.45) is 9.89. The highest BCUT2D eigenvalue weighted by atomic mass is 32.1. The van der Waals surface area contributed by atoms with Gasteiger partial charge in [0.05, 0.1) is 12.8 Å². The van der Waals surface area contributed by atoms with Crippen molar-refractivity contribution in [3.05, 3.63) is 70.4 Å². The minimum Gasteiger partial charge on any atom is -0.465 e. The number of aryl methyl sites for hydroxylation is 1. The van der Waals surface area contributed by atoms with E-state index in [2.05, 4.69) is 54.2 Å². The van der Waals surface area contributed by atoms with Gasteiger partial charge >= 0.3 is 5.97 Å². The zero-order valence-electron chi connectivity index (χ0n) is 23.2. The largest absolute Gasteiger partial charge is 0.465 e. The molecule has 0 bridgehead atoms. The number of aromatic nitrogens is 3. The Labute approximate surface area is 234 Å². The summed E-state index contributed by atoms with van der Waals surface area (Å²) in [6, 6.07) is 12.7. The number of methoxy groups -OCH3 is 1. The highest BCUT2D eigenvalue weighted by Gasteiger charge is 2.30. The maximum absolute atomic E-state index is 13.0. The first-order valence-corrected chi connectivity index (χ1v) is 14.8. The Morgan fingerprint density at radius 1 is 1.08 bits per heavy atom. The number of ether oxygens (including phenoxy) is 1. The molecule has 1 aliphatic carbocycles. The molecule has 1 fully saturated rings. The van der Waals surface area contributed by atoms with E-state index in [1.807, 2.05) is 29.9 Å². The summed E-state index contributed by atoms with van der Waals surface area (Å²) < 4.78 is 7.10. The fourth-order valence-electron chi connectivity index (χ4n) is 6.14. The predicted molar refractivity (Wildman–Crippen MR) is 158 cm³/mol. The molecule has 6 nitrogen and oxygen atoms in total. The van der Waals surface area contributed by atoms with Crippen LogP contribution in [0.3, 0.4) is 0 Å². The van der Waals surface area contributed by atoms with Crippen molar-refractivity contribution in [3.63, 3.8) is 0 Å². The molecule has 4 heterocycles. The van der Waals surface area contributed by atoms with Gasteiger partial charge in [0, 0.05) is 47.6 Å². The SMILES string of the molecule is COC(=O)c1sc(-c2ccc(-c3cc4ncc(C)cn4n3)cc2)cc1C1=C(C2CCC(C)CC2)CN(C)CC1. The van der Waals surface area contributed by atoms with Gasteiger partial charge in [0.15, 0.2) is 5.65 Å². The van der Waals surface area contributed by atoms with Crippen LogP contribution in [0.4, 0.5) is 0 Å². The molecule has 4 aromatic rings. The molecule has 7 heteroatoms. The third kappa shape index (κ3) is 5.18. The zero-order chi connectivity index (χ0) is 27.1. The molecule has 3 aromatic heterocycles. The second-order valence-corrected chi connectivity index (χ2v) is 12.4.